The molecule has 1 aromatic heterocycles. The number of aromatic nitrogens is 1. The van der Waals surface area contributed by atoms with E-state index in [-0.39, 0.29) is 29.9 Å². The minimum Gasteiger partial charge on any atom is -0.373 e. The van der Waals surface area contributed by atoms with Gasteiger partial charge in [0.15, 0.2) is 6.29 Å². The fourth-order valence-corrected chi connectivity index (χ4v) is 6.54. The molecule has 1 aliphatic heterocycles. The molecule has 4 aromatic carbocycles. The van der Waals surface area contributed by atoms with Gasteiger partial charge in [-0.1, -0.05) is 92.7 Å². The van der Waals surface area contributed by atoms with Crippen LogP contribution in [0.2, 0.25) is 0 Å². The van der Waals surface area contributed by atoms with Crippen LogP contribution in [0, 0.1) is 5.82 Å². The van der Waals surface area contributed by atoms with Crippen molar-refractivity contribution in [3.63, 3.8) is 0 Å². The molecule has 1 amide bonds. The maximum Gasteiger partial charge on any atom is 0.258 e. The van der Waals surface area contributed by atoms with E-state index in [1.807, 2.05) is 91.0 Å². The maximum atomic E-state index is 14.3. The summed E-state index contributed by atoms with van der Waals surface area (Å²) in [5.41, 5.74) is 6.58. The zero-order chi connectivity index (χ0) is 32.8. The van der Waals surface area contributed by atoms with Gasteiger partial charge in [-0.05, 0) is 65.4 Å². The van der Waals surface area contributed by atoms with Crippen molar-refractivity contribution in [3.05, 3.63) is 138 Å². The SMILES string of the molecule is CC(C)c1c(C(=O)Nc2ccccc2)c(-c2ccccc2)c(-c2ccc(F)cc2)n1CC[C@@H]1C[C@@H](OCc2ccccc2)CC(O)O1. The van der Waals surface area contributed by atoms with Crippen molar-refractivity contribution >= 4 is 11.6 Å². The molecule has 47 heavy (non-hydrogen) atoms. The first-order valence-electron chi connectivity index (χ1n) is 16.3. The summed E-state index contributed by atoms with van der Waals surface area (Å²) in [5.74, 6) is -0.562. The Bertz CT molecular complexity index is 1760. The van der Waals surface area contributed by atoms with Crippen molar-refractivity contribution in [2.75, 3.05) is 5.32 Å². The minimum atomic E-state index is -0.924. The van der Waals surface area contributed by atoms with Crippen molar-refractivity contribution in [1.29, 1.82) is 0 Å². The highest BCUT2D eigenvalue weighted by Crippen LogP contribution is 2.43. The molecule has 6 rings (SSSR count). The van der Waals surface area contributed by atoms with E-state index in [0.29, 0.717) is 43.7 Å². The highest BCUT2D eigenvalue weighted by molar-refractivity contribution is 6.12. The van der Waals surface area contributed by atoms with Crippen molar-refractivity contribution in [2.45, 2.75) is 70.7 Å². The quantitative estimate of drug-likeness (QED) is 0.153. The Labute approximate surface area is 275 Å². The summed E-state index contributed by atoms with van der Waals surface area (Å²) in [4.78, 5) is 14.3. The largest absolute Gasteiger partial charge is 0.373 e. The van der Waals surface area contributed by atoms with Crippen LogP contribution in [-0.4, -0.2) is 34.1 Å². The Balaban J connectivity index is 1.39. The monoisotopic (exact) mass is 632 g/mol. The fraction of sp³-hybridized carbons (Fsp3) is 0.275. The van der Waals surface area contributed by atoms with Gasteiger partial charge in [0.1, 0.15) is 5.82 Å². The Morgan fingerprint density at radius 1 is 0.894 bits per heavy atom. The summed E-state index contributed by atoms with van der Waals surface area (Å²) in [6, 6.07) is 35.8. The average molecular weight is 633 g/mol. The van der Waals surface area contributed by atoms with Crippen molar-refractivity contribution < 1.29 is 23.8 Å². The number of nitrogens with zero attached hydrogens (tertiary/aromatic N) is 1. The molecular formula is C40H41FN2O4. The summed E-state index contributed by atoms with van der Waals surface area (Å²) in [6.07, 6.45) is 0.297. The highest BCUT2D eigenvalue weighted by atomic mass is 19.1. The number of amides is 1. The Kier molecular flexibility index (Phi) is 10.3. The van der Waals surface area contributed by atoms with Crippen LogP contribution < -0.4 is 5.32 Å². The number of carbonyl (C=O) groups excluding carboxylic acids is 1. The van der Waals surface area contributed by atoms with E-state index in [4.69, 9.17) is 9.47 Å². The molecule has 1 fully saturated rings. The lowest BCUT2D eigenvalue weighted by Gasteiger charge is -2.33. The molecule has 2 N–H and O–H groups in total. The molecule has 0 radical (unpaired) electrons. The van der Waals surface area contributed by atoms with Gasteiger partial charge >= 0.3 is 0 Å². The van der Waals surface area contributed by atoms with E-state index >= 15 is 0 Å². The Morgan fingerprint density at radius 2 is 1.53 bits per heavy atom. The van der Waals surface area contributed by atoms with Gasteiger partial charge in [0.25, 0.3) is 5.91 Å². The Hall–Kier alpha value is -4.56. The van der Waals surface area contributed by atoms with Crippen molar-refractivity contribution in [2.24, 2.45) is 0 Å². The lowest BCUT2D eigenvalue weighted by Crippen LogP contribution is -2.37. The summed E-state index contributed by atoms with van der Waals surface area (Å²) in [7, 11) is 0. The molecule has 0 aliphatic carbocycles. The zero-order valence-electron chi connectivity index (χ0n) is 26.8. The molecule has 0 bridgehead atoms. The number of hydrogen-bond acceptors (Lipinski definition) is 4. The van der Waals surface area contributed by atoms with E-state index in [0.717, 1.165) is 33.6 Å². The predicted octanol–water partition coefficient (Wildman–Crippen LogP) is 8.81. The van der Waals surface area contributed by atoms with E-state index in [1.54, 1.807) is 12.1 Å². The van der Waals surface area contributed by atoms with Crippen LogP contribution in [0.3, 0.4) is 0 Å². The third-order valence-electron chi connectivity index (χ3n) is 8.63. The molecule has 0 saturated carbocycles. The topological polar surface area (TPSA) is 72.7 Å². The Morgan fingerprint density at radius 3 is 2.19 bits per heavy atom. The van der Waals surface area contributed by atoms with Crippen molar-refractivity contribution in [1.82, 2.24) is 4.57 Å². The first-order chi connectivity index (χ1) is 22.9. The number of halogens is 1. The van der Waals surface area contributed by atoms with Crippen LogP contribution in [0.5, 0.6) is 0 Å². The van der Waals surface area contributed by atoms with E-state index in [9.17, 15) is 14.3 Å². The number of rotatable bonds is 11. The first kappa shape index (κ1) is 32.4. The van der Waals surface area contributed by atoms with E-state index in [2.05, 4.69) is 23.7 Å². The third kappa shape index (κ3) is 7.71. The normalized spacial score (nSPS) is 17.9. The van der Waals surface area contributed by atoms with Crippen LogP contribution in [0.4, 0.5) is 10.1 Å². The van der Waals surface area contributed by atoms with E-state index in [1.165, 1.54) is 12.1 Å². The number of nitrogens with one attached hydrogen (secondary N) is 1. The second kappa shape index (κ2) is 14.9. The molecule has 0 spiro atoms. The van der Waals surface area contributed by atoms with E-state index < -0.39 is 6.29 Å². The number of hydrogen-bond donors (Lipinski definition) is 2. The molecular weight excluding hydrogens is 591 g/mol. The van der Waals surface area contributed by atoms with Gasteiger partial charge < -0.3 is 24.5 Å². The molecule has 3 atom stereocenters. The fourth-order valence-electron chi connectivity index (χ4n) is 6.54. The van der Waals surface area contributed by atoms with Crippen LogP contribution in [-0.2, 0) is 22.6 Å². The van der Waals surface area contributed by atoms with Crippen LogP contribution in [0.15, 0.2) is 115 Å². The molecule has 242 valence electrons. The molecule has 1 aliphatic rings. The van der Waals surface area contributed by atoms with Gasteiger partial charge in [-0.15, -0.1) is 0 Å². The second-order valence-electron chi connectivity index (χ2n) is 12.4. The summed E-state index contributed by atoms with van der Waals surface area (Å²) in [6.45, 7) is 5.15. The second-order valence-corrected chi connectivity index (χ2v) is 12.4. The summed E-state index contributed by atoms with van der Waals surface area (Å²) in [5, 5.41) is 13.8. The van der Waals surface area contributed by atoms with Gasteiger partial charge in [-0.2, -0.15) is 0 Å². The summed E-state index contributed by atoms with van der Waals surface area (Å²) < 4.78 is 28.7. The summed E-state index contributed by atoms with van der Waals surface area (Å²) >= 11 is 0. The van der Waals surface area contributed by atoms with Crippen LogP contribution >= 0.6 is 0 Å². The van der Waals surface area contributed by atoms with Gasteiger partial charge in [0, 0.05) is 36.3 Å². The lowest BCUT2D eigenvalue weighted by molar-refractivity contribution is -0.201. The number of benzene rings is 4. The average Bonchev–Trinajstić information content (AvgIpc) is 3.43. The van der Waals surface area contributed by atoms with Crippen molar-refractivity contribution in [3.8, 4) is 22.4 Å². The van der Waals surface area contributed by atoms with Gasteiger partial charge in [-0.25, -0.2) is 4.39 Å². The smallest absolute Gasteiger partial charge is 0.258 e. The van der Waals surface area contributed by atoms with Crippen LogP contribution in [0.1, 0.15) is 60.6 Å². The molecule has 7 heteroatoms. The van der Waals surface area contributed by atoms with Gasteiger partial charge in [0.05, 0.1) is 30.1 Å². The number of anilines is 1. The number of para-hydroxylation sites is 1. The molecule has 6 nitrogen and oxygen atoms in total. The lowest BCUT2D eigenvalue weighted by atomic mass is 9.94. The number of aliphatic hydroxyl groups excluding tert-OH is 1. The standard InChI is InChI=1S/C40H41FN2O4/c1-27(2)38-37(40(45)42-32-16-10-5-11-17-32)36(29-14-8-4-9-15-29)39(30-18-20-31(41)21-19-30)43(38)23-22-33-24-34(25-35(44)47-33)46-26-28-12-6-3-7-13-28/h3-21,27,33-35,44H,22-26H2,1-2H3,(H,42,45)/t33-,34-,35?/m1/s1. The van der Waals surface area contributed by atoms with Gasteiger partial charge in [0.2, 0.25) is 0 Å². The third-order valence-corrected chi connectivity index (χ3v) is 8.63. The molecule has 5 aromatic rings. The zero-order valence-corrected chi connectivity index (χ0v) is 26.8. The molecule has 1 unspecified atom stereocenters. The number of ether oxygens (including phenoxy) is 2. The molecule has 2 heterocycles. The highest BCUT2D eigenvalue weighted by Gasteiger charge is 2.33. The van der Waals surface area contributed by atoms with Crippen LogP contribution in [0.25, 0.3) is 22.4 Å². The molecule has 1 saturated heterocycles. The maximum absolute atomic E-state index is 14.3. The number of carbonyl (C=O) groups is 1. The first-order valence-corrected chi connectivity index (χ1v) is 16.3. The predicted molar refractivity (Wildman–Crippen MR) is 183 cm³/mol. The minimum absolute atomic E-state index is 0.0250. The number of aliphatic hydroxyl groups is 1. The van der Waals surface area contributed by atoms with Gasteiger partial charge in [-0.3, -0.25) is 4.79 Å².